The number of aromatic nitrogens is 3. The highest BCUT2D eigenvalue weighted by atomic mass is 14.9. The number of nitrogens with zero attached hydrogens (tertiary/aromatic N) is 1. The zero-order valence-electron chi connectivity index (χ0n) is 5.83. The van der Waals surface area contributed by atoms with Gasteiger partial charge in [-0.1, -0.05) is 0 Å². The average molecular weight is 148 g/mol. The van der Waals surface area contributed by atoms with E-state index in [0.29, 0.717) is 5.82 Å². The molecule has 0 amide bonds. The Bertz CT molecular complexity index is 333. The van der Waals surface area contributed by atoms with E-state index >= 15 is 0 Å². The Morgan fingerprint density at radius 2 is 2.27 bits per heavy atom. The van der Waals surface area contributed by atoms with Gasteiger partial charge in [-0.15, -0.1) is 0 Å². The van der Waals surface area contributed by atoms with E-state index in [2.05, 4.69) is 15.0 Å². The van der Waals surface area contributed by atoms with Crippen LogP contribution in [0.2, 0.25) is 0 Å². The molecule has 2 aromatic rings. The first-order valence-corrected chi connectivity index (χ1v) is 3.30. The van der Waals surface area contributed by atoms with Crippen LogP contribution in [-0.2, 0) is 0 Å². The molecule has 2 heterocycles. The topological polar surface area (TPSA) is 70.5 Å². The molecular formula is C7H8N4. The van der Waals surface area contributed by atoms with Crippen LogP contribution < -0.4 is 5.73 Å². The van der Waals surface area contributed by atoms with E-state index < -0.39 is 0 Å². The van der Waals surface area contributed by atoms with Gasteiger partial charge in [-0.3, -0.25) is 0 Å². The third-order valence-electron chi connectivity index (χ3n) is 1.46. The lowest BCUT2D eigenvalue weighted by Gasteiger charge is -1.88. The maximum Gasteiger partial charge on any atom is 0.153 e. The molecular weight excluding hydrogens is 140 g/mol. The fourth-order valence-electron chi connectivity index (χ4n) is 0.963. The van der Waals surface area contributed by atoms with Crippen LogP contribution in [0.5, 0.6) is 0 Å². The Balaban J connectivity index is 2.45. The Morgan fingerprint density at radius 1 is 1.36 bits per heavy atom. The second-order valence-corrected chi connectivity index (χ2v) is 2.27. The summed E-state index contributed by atoms with van der Waals surface area (Å²) in [7, 11) is 0. The first-order chi connectivity index (χ1) is 5.36. The normalized spacial score (nSPS) is 10.2. The van der Waals surface area contributed by atoms with E-state index in [1.54, 1.807) is 18.5 Å². The number of nitrogen functional groups attached to an aromatic ring is 1. The summed E-state index contributed by atoms with van der Waals surface area (Å²) in [6.07, 6.45) is 3.47. The van der Waals surface area contributed by atoms with Crippen LogP contribution in [0, 0.1) is 0 Å². The molecule has 11 heavy (non-hydrogen) atoms. The van der Waals surface area contributed by atoms with Crippen molar-refractivity contribution in [2.24, 2.45) is 0 Å². The first kappa shape index (κ1) is 6.03. The summed E-state index contributed by atoms with van der Waals surface area (Å²) in [5.74, 6) is 1.46. The van der Waals surface area contributed by atoms with E-state index in [0.717, 1.165) is 11.5 Å². The van der Waals surface area contributed by atoms with Crippen molar-refractivity contribution in [3.05, 3.63) is 24.5 Å². The number of anilines is 1. The largest absolute Gasteiger partial charge is 0.385 e. The highest BCUT2D eigenvalue weighted by Gasteiger charge is 1.99. The maximum atomic E-state index is 5.49. The molecule has 0 radical (unpaired) electrons. The van der Waals surface area contributed by atoms with Crippen molar-refractivity contribution in [3.8, 4) is 11.5 Å². The molecule has 0 atom stereocenters. The monoisotopic (exact) mass is 148 g/mol. The van der Waals surface area contributed by atoms with Crippen LogP contribution in [0.1, 0.15) is 0 Å². The number of aromatic amines is 2. The van der Waals surface area contributed by atoms with Crippen molar-refractivity contribution in [2.75, 3.05) is 5.73 Å². The van der Waals surface area contributed by atoms with Crippen molar-refractivity contribution in [1.29, 1.82) is 0 Å². The van der Waals surface area contributed by atoms with Crippen LogP contribution in [0.4, 0.5) is 5.82 Å². The Kier molecular flexibility index (Phi) is 1.18. The minimum atomic E-state index is 0.649. The zero-order valence-corrected chi connectivity index (χ0v) is 5.83. The van der Waals surface area contributed by atoms with Gasteiger partial charge in [0.15, 0.2) is 5.82 Å². The predicted octanol–water partition coefficient (Wildman–Crippen LogP) is 0.987. The van der Waals surface area contributed by atoms with Gasteiger partial charge in [0.1, 0.15) is 5.82 Å². The fourth-order valence-corrected chi connectivity index (χ4v) is 0.963. The average Bonchev–Trinajstić information content (AvgIpc) is 2.55. The third kappa shape index (κ3) is 0.980. The van der Waals surface area contributed by atoms with E-state index in [9.17, 15) is 0 Å². The zero-order chi connectivity index (χ0) is 7.68. The van der Waals surface area contributed by atoms with Gasteiger partial charge in [0.05, 0.1) is 5.69 Å². The molecule has 0 unspecified atom stereocenters. The summed E-state index contributed by atoms with van der Waals surface area (Å²) in [4.78, 5) is 9.99. The summed E-state index contributed by atoms with van der Waals surface area (Å²) < 4.78 is 0. The van der Waals surface area contributed by atoms with E-state index in [-0.39, 0.29) is 0 Å². The molecule has 4 N–H and O–H groups in total. The Labute approximate surface area is 63.5 Å². The predicted molar refractivity (Wildman–Crippen MR) is 42.8 cm³/mol. The van der Waals surface area contributed by atoms with E-state index in [1.807, 2.05) is 6.07 Å². The summed E-state index contributed by atoms with van der Waals surface area (Å²) >= 11 is 0. The molecule has 0 aromatic carbocycles. The van der Waals surface area contributed by atoms with Gasteiger partial charge in [0, 0.05) is 12.4 Å². The van der Waals surface area contributed by atoms with Crippen molar-refractivity contribution < 1.29 is 0 Å². The van der Waals surface area contributed by atoms with Crippen molar-refractivity contribution in [3.63, 3.8) is 0 Å². The smallest absolute Gasteiger partial charge is 0.153 e. The van der Waals surface area contributed by atoms with Gasteiger partial charge in [-0.05, 0) is 12.1 Å². The number of H-pyrrole nitrogens is 2. The summed E-state index contributed by atoms with van der Waals surface area (Å²) in [5, 5.41) is 0. The Hall–Kier alpha value is -1.71. The van der Waals surface area contributed by atoms with Gasteiger partial charge in [-0.2, -0.15) is 0 Å². The maximum absolute atomic E-state index is 5.49. The number of imidazole rings is 1. The van der Waals surface area contributed by atoms with Crippen molar-refractivity contribution in [2.45, 2.75) is 0 Å². The second-order valence-electron chi connectivity index (χ2n) is 2.27. The quantitative estimate of drug-likeness (QED) is 0.564. The van der Waals surface area contributed by atoms with Gasteiger partial charge in [0.25, 0.3) is 0 Å². The fraction of sp³-hybridized carbons (Fsp3) is 0. The van der Waals surface area contributed by atoms with Gasteiger partial charge in [-0.25, -0.2) is 4.98 Å². The molecule has 0 saturated heterocycles. The first-order valence-electron chi connectivity index (χ1n) is 3.30. The minimum absolute atomic E-state index is 0.649. The Morgan fingerprint density at radius 3 is 2.82 bits per heavy atom. The van der Waals surface area contributed by atoms with Gasteiger partial charge < -0.3 is 15.7 Å². The molecule has 0 spiro atoms. The van der Waals surface area contributed by atoms with Crippen LogP contribution in [-0.4, -0.2) is 15.0 Å². The molecule has 56 valence electrons. The highest BCUT2D eigenvalue weighted by molar-refractivity contribution is 5.54. The lowest BCUT2D eigenvalue weighted by Crippen LogP contribution is -1.84. The lowest BCUT2D eigenvalue weighted by molar-refractivity contribution is 1.26. The van der Waals surface area contributed by atoms with Crippen LogP contribution >= 0.6 is 0 Å². The van der Waals surface area contributed by atoms with Crippen LogP contribution in [0.15, 0.2) is 24.5 Å². The standard InChI is InChI=1S/C7H8N4/c8-6-2-1-5(11-6)7-9-3-4-10-7/h1-4,11H,8H2,(H,9,10). The summed E-state index contributed by atoms with van der Waals surface area (Å²) in [6, 6.07) is 3.69. The molecule has 0 bridgehead atoms. The van der Waals surface area contributed by atoms with Crippen LogP contribution in [0.3, 0.4) is 0 Å². The third-order valence-corrected chi connectivity index (χ3v) is 1.46. The number of hydrogen-bond acceptors (Lipinski definition) is 2. The molecule has 2 rings (SSSR count). The van der Waals surface area contributed by atoms with Crippen molar-refractivity contribution >= 4 is 5.82 Å². The summed E-state index contributed by atoms with van der Waals surface area (Å²) in [6.45, 7) is 0. The number of rotatable bonds is 1. The molecule has 2 aromatic heterocycles. The summed E-state index contributed by atoms with van der Waals surface area (Å²) in [5.41, 5.74) is 6.40. The van der Waals surface area contributed by atoms with Crippen molar-refractivity contribution in [1.82, 2.24) is 15.0 Å². The van der Waals surface area contributed by atoms with Gasteiger partial charge in [0.2, 0.25) is 0 Å². The van der Waals surface area contributed by atoms with Crippen LogP contribution in [0.25, 0.3) is 11.5 Å². The molecule has 0 fully saturated rings. The SMILES string of the molecule is Nc1ccc(-c2ncc[nH]2)[nH]1. The van der Waals surface area contributed by atoms with Gasteiger partial charge >= 0.3 is 0 Å². The molecule has 0 aliphatic rings. The number of hydrogen-bond donors (Lipinski definition) is 3. The molecule has 4 heteroatoms. The lowest BCUT2D eigenvalue weighted by atomic mass is 10.4. The number of nitrogens with one attached hydrogen (secondary N) is 2. The molecule has 4 nitrogen and oxygen atoms in total. The molecule has 0 aliphatic carbocycles. The number of nitrogens with two attached hydrogens (primary N) is 1. The highest BCUT2D eigenvalue weighted by Crippen LogP contribution is 2.13. The molecule has 0 aliphatic heterocycles. The molecule has 0 saturated carbocycles. The van der Waals surface area contributed by atoms with E-state index in [4.69, 9.17) is 5.73 Å². The van der Waals surface area contributed by atoms with E-state index in [1.165, 1.54) is 0 Å². The second kappa shape index (κ2) is 2.16. The minimum Gasteiger partial charge on any atom is -0.385 e.